The van der Waals surface area contributed by atoms with Crippen LogP contribution in [0.25, 0.3) is 0 Å². The zero-order valence-electron chi connectivity index (χ0n) is 11.9. The molecule has 1 heterocycles. The maximum absolute atomic E-state index is 12.0. The molecule has 0 bridgehead atoms. The Morgan fingerprint density at radius 1 is 1.29 bits per heavy atom. The number of anilines is 1. The smallest absolute Gasteiger partial charge is 0.332 e. The summed E-state index contributed by atoms with van der Waals surface area (Å²) in [5.41, 5.74) is 0.631. The van der Waals surface area contributed by atoms with Crippen LogP contribution in [-0.2, 0) is 14.3 Å². The second-order valence-corrected chi connectivity index (χ2v) is 4.89. The van der Waals surface area contributed by atoms with Gasteiger partial charge in [-0.15, -0.1) is 0 Å². The molecule has 0 radical (unpaired) electrons. The van der Waals surface area contributed by atoms with Crippen LogP contribution in [0.5, 0.6) is 5.75 Å². The maximum atomic E-state index is 12.0. The van der Waals surface area contributed by atoms with Crippen molar-refractivity contribution >= 4 is 17.6 Å². The van der Waals surface area contributed by atoms with Gasteiger partial charge in [0.2, 0.25) is 0 Å². The number of rotatable bonds is 6. The van der Waals surface area contributed by atoms with Gasteiger partial charge in [0.1, 0.15) is 11.9 Å². The van der Waals surface area contributed by atoms with Crippen molar-refractivity contribution in [2.24, 2.45) is 0 Å². The van der Waals surface area contributed by atoms with Crippen molar-refractivity contribution in [2.75, 3.05) is 11.9 Å². The van der Waals surface area contributed by atoms with Crippen LogP contribution < -0.4 is 10.1 Å². The number of hydrogen-bond donors (Lipinski definition) is 2. The summed E-state index contributed by atoms with van der Waals surface area (Å²) in [6.45, 7) is 2.68. The Morgan fingerprint density at radius 2 is 1.95 bits per heavy atom. The molecule has 2 N–H and O–H groups in total. The summed E-state index contributed by atoms with van der Waals surface area (Å²) in [4.78, 5) is 22.8. The van der Waals surface area contributed by atoms with Crippen LogP contribution in [0, 0.1) is 0 Å². The average Bonchev–Trinajstić information content (AvgIpc) is 2.97. The number of benzene rings is 1. The SMILES string of the molecule is CCCOc1ccc(NC(=O)[C@@H]2CC[C@H](C(=O)O)O2)cc1. The number of ether oxygens (including phenoxy) is 2. The number of amides is 1. The summed E-state index contributed by atoms with van der Waals surface area (Å²) < 4.78 is 10.7. The molecule has 0 saturated carbocycles. The van der Waals surface area contributed by atoms with Gasteiger partial charge in [-0.1, -0.05) is 6.92 Å². The van der Waals surface area contributed by atoms with Crippen molar-refractivity contribution < 1.29 is 24.2 Å². The molecule has 2 rings (SSSR count). The molecule has 2 atom stereocenters. The van der Waals surface area contributed by atoms with Gasteiger partial charge < -0.3 is 19.9 Å². The van der Waals surface area contributed by atoms with Crippen LogP contribution in [0.1, 0.15) is 26.2 Å². The summed E-state index contributed by atoms with van der Waals surface area (Å²) in [6, 6.07) is 7.04. The highest BCUT2D eigenvalue weighted by molar-refractivity contribution is 5.94. The van der Waals surface area contributed by atoms with Gasteiger partial charge >= 0.3 is 5.97 Å². The van der Waals surface area contributed by atoms with Crippen molar-refractivity contribution in [3.05, 3.63) is 24.3 Å². The predicted octanol–water partition coefficient (Wildman–Crippen LogP) is 2.05. The van der Waals surface area contributed by atoms with E-state index in [2.05, 4.69) is 5.32 Å². The van der Waals surface area contributed by atoms with Crippen molar-refractivity contribution in [1.82, 2.24) is 0 Å². The van der Waals surface area contributed by atoms with Gasteiger partial charge in [-0.05, 0) is 43.5 Å². The molecule has 1 aromatic carbocycles. The predicted molar refractivity (Wildman–Crippen MR) is 76.4 cm³/mol. The van der Waals surface area contributed by atoms with Crippen LogP contribution in [0.2, 0.25) is 0 Å². The molecule has 1 aromatic rings. The highest BCUT2D eigenvalue weighted by atomic mass is 16.5. The minimum Gasteiger partial charge on any atom is -0.494 e. The lowest BCUT2D eigenvalue weighted by molar-refractivity contribution is -0.150. The van der Waals surface area contributed by atoms with E-state index in [1.807, 2.05) is 6.92 Å². The Bertz CT molecular complexity index is 499. The minimum atomic E-state index is -1.03. The third-order valence-electron chi connectivity index (χ3n) is 3.18. The highest BCUT2D eigenvalue weighted by Crippen LogP contribution is 2.22. The number of nitrogens with one attached hydrogen (secondary N) is 1. The Labute approximate surface area is 123 Å². The van der Waals surface area contributed by atoms with Crippen LogP contribution >= 0.6 is 0 Å². The molecule has 1 fully saturated rings. The number of aliphatic carboxylic acids is 1. The fourth-order valence-corrected chi connectivity index (χ4v) is 2.09. The van der Waals surface area contributed by atoms with E-state index in [0.29, 0.717) is 25.1 Å². The third kappa shape index (κ3) is 4.19. The zero-order chi connectivity index (χ0) is 15.2. The third-order valence-corrected chi connectivity index (χ3v) is 3.18. The largest absolute Gasteiger partial charge is 0.494 e. The average molecular weight is 293 g/mol. The second kappa shape index (κ2) is 7.08. The molecule has 1 saturated heterocycles. The van der Waals surface area contributed by atoms with Gasteiger partial charge in [0.25, 0.3) is 5.91 Å². The van der Waals surface area contributed by atoms with E-state index in [4.69, 9.17) is 14.6 Å². The fraction of sp³-hybridized carbons (Fsp3) is 0.467. The summed E-state index contributed by atoms with van der Waals surface area (Å²) >= 11 is 0. The molecule has 0 aliphatic carbocycles. The van der Waals surface area contributed by atoms with Gasteiger partial charge in [-0.25, -0.2) is 4.79 Å². The van der Waals surface area contributed by atoms with E-state index in [1.54, 1.807) is 24.3 Å². The zero-order valence-corrected chi connectivity index (χ0v) is 11.9. The van der Waals surface area contributed by atoms with Crippen LogP contribution in [0.3, 0.4) is 0 Å². The standard InChI is InChI=1S/C15H19NO5/c1-2-9-20-11-5-3-10(4-6-11)16-14(17)12-7-8-13(21-12)15(18)19/h3-6,12-13H,2,7-9H2,1H3,(H,16,17)(H,18,19)/t12-,13+/m0/s1. The lowest BCUT2D eigenvalue weighted by Crippen LogP contribution is -2.29. The number of hydrogen-bond acceptors (Lipinski definition) is 4. The second-order valence-electron chi connectivity index (χ2n) is 4.89. The van der Waals surface area contributed by atoms with Gasteiger partial charge in [-0.2, -0.15) is 0 Å². The van der Waals surface area contributed by atoms with E-state index in [0.717, 1.165) is 12.2 Å². The summed E-state index contributed by atoms with van der Waals surface area (Å²) in [6.07, 6.45) is 0.118. The molecule has 21 heavy (non-hydrogen) atoms. The monoisotopic (exact) mass is 293 g/mol. The summed E-state index contributed by atoms with van der Waals surface area (Å²) in [7, 11) is 0. The fourth-order valence-electron chi connectivity index (χ4n) is 2.09. The van der Waals surface area contributed by atoms with Crippen molar-refractivity contribution in [2.45, 2.75) is 38.4 Å². The molecule has 1 amide bonds. The lowest BCUT2D eigenvalue weighted by atomic mass is 10.2. The van der Waals surface area contributed by atoms with E-state index >= 15 is 0 Å². The number of carboxylic acid groups (broad SMARTS) is 1. The Balaban J connectivity index is 1.87. The lowest BCUT2D eigenvalue weighted by Gasteiger charge is -2.12. The Hall–Kier alpha value is -2.08. The van der Waals surface area contributed by atoms with Gasteiger partial charge in [0, 0.05) is 5.69 Å². The molecule has 6 nitrogen and oxygen atoms in total. The van der Waals surface area contributed by atoms with Crippen LogP contribution in [-0.4, -0.2) is 35.8 Å². The first kappa shape index (κ1) is 15.3. The summed E-state index contributed by atoms with van der Waals surface area (Å²) in [5, 5.41) is 11.5. The van der Waals surface area contributed by atoms with E-state index in [-0.39, 0.29) is 5.91 Å². The molecule has 1 aliphatic rings. The molecule has 0 spiro atoms. The maximum Gasteiger partial charge on any atom is 0.332 e. The van der Waals surface area contributed by atoms with Crippen molar-refractivity contribution in [1.29, 1.82) is 0 Å². The van der Waals surface area contributed by atoms with Gasteiger partial charge in [-0.3, -0.25) is 4.79 Å². The van der Waals surface area contributed by atoms with E-state index in [1.165, 1.54) is 0 Å². The van der Waals surface area contributed by atoms with Gasteiger partial charge in [0.05, 0.1) is 6.61 Å². The normalized spacial score (nSPS) is 21.0. The molecule has 114 valence electrons. The molecule has 0 unspecified atom stereocenters. The quantitative estimate of drug-likeness (QED) is 0.838. The van der Waals surface area contributed by atoms with Crippen molar-refractivity contribution in [3.8, 4) is 5.75 Å². The highest BCUT2D eigenvalue weighted by Gasteiger charge is 2.34. The topological polar surface area (TPSA) is 84.9 Å². The Morgan fingerprint density at radius 3 is 2.52 bits per heavy atom. The minimum absolute atomic E-state index is 0.319. The first-order chi connectivity index (χ1) is 10.1. The van der Waals surface area contributed by atoms with Crippen molar-refractivity contribution in [3.63, 3.8) is 0 Å². The van der Waals surface area contributed by atoms with E-state index in [9.17, 15) is 9.59 Å². The van der Waals surface area contributed by atoms with Crippen LogP contribution in [0.15, 0.2) is 24.3 Å². The molecule has 0 aromatic heterocycles. The molecular formula is C15H19NO5. The number of carbonyl (C=O) groups is 2. The van der Waals surface area contributed by atoms with Gasteiger partial charge in [0.15, 0.2) is 6.10 Å². The Kier molecular flexibility index (Phi) is 5.16. The van der Waals surface area contributed by atoms with E-state index < -0.39 is 18.2 Å². The first-order valence-corrected chi connectivity index (χ1v) is 7.02. The number of carboxylic acids is 1. The van der Waals surface area contributed by atoms with Crippen LogP contribution in [0.4, 0.5) is 5.69 Å². The number of carbonyl (C=O) groups excluding carboxylic acids is 1. The molecule has 1 aliphatic heterocycles. The summed E-state index contributed by atoms with van der Waals surface area (Å²) in [5.74, 6) is -0.596. The molecular weight excluding hydrogens is 274 g/mol. The molecule has 6 heteroatoms. The first-order valence-electron chi connectivity index (χ1n) is 7.02.